The summed E-state index contributed by atoms with van der Waals surface area (Å²) < 4.78 is 0. The second-order valence-electron chi connectivity index (χ2n) is 4.34. The molecule has 0 aliphatic carbocycles. The predicted molar refractivity (Wildman–Crippen MR) is 62.9 cm³/mol. The molecule has 92 valence electrons. The van der Waals surface area contributed by atoms with Crippen molar-refractivity contribution in [2.24, 2.45) is 5.92 Å². The molecule has 2 heterocycles. The van der Waals surface area contributed by atoms with E-state index in [1.54, 1.807) is 6.07 Å². The van der Waals surface area contributed by atoms with Crippen molar-refractivity contribution in [1.82, 2.24) is 4.98 Å². The first-order valence-electron chi connectivity index (χ1n) is 5.61. The first kappa shape index (κ1) is 11.8. The molecule has 1 aromatic rings. The Morgan fingerprint density at radius 3 is 2.94 bits per heavy atom. The van der Waals surface area contributed by atoms with Crippen molar-refractivity contribution < 1.29 is 10.0 Å². The lowest BCUT2D eigenvalue weighted by Crippen LogP contribution is -2.35. The number of hydrogen-bond acceptors (Lipinski definition) is 5. The van der Waals surface area contributed by atoms with Crippen LogP contribution in [0.1, 0.15) is 13.3 Å². The van der Waals surface area contributed by atoms with Gasteiger partial charge in [-0.05, 0) is 18.4 Å². The first-order valence-corrected chi connectivity index (χ1v) is 5.61. The molecule has 1 saturated heterocycles. The van der Waals surface area contributed by atoms with Gasteiger partial charge in [0.2, 0.25) is 0 Å². The summed E-state index contributed by atoms with van der Waals surface area (Å²) in [5.41, 5.74) is -0.0125. The van der Waals surface area contributed by atoms with Crippen LogP contribution in [0, 0.1) is 16.0 Å². The molecule has 0 radical (unpaired) electrons. The van der Waals surface area contributed by atoms with E-state index in [1.165, 1.54) is 12.3 Å². The predicted octanol–water partition coefficient (Wildman–Crippen LogP) is 1.20. The van der Waals surface area contributed by atoms with Gasteiger partial charge in [0.1, 0.15) is 12.0 Å². The molecule has 1 N–H and O–H groups in total. The maximum Gasteiger partial charge on any atom is 0.287 e. The number of pyridine rings is 1. The summed E-state index contributed by atoms with van der Waals surface area (Å²) in [6.45, 7) is 3.00. The third-order valence-corrected chi connectivity index (χ3v) is 3.31. The van der Waals surface area contributed by atoms with E-state index in [0.717, 1.165) is 13.0 Å². The minimum Gasteiger partial charge on any atom is -0.394 e. The Kier molecular flexibility index (Phi) is 3.23. The molecule has 2 atom stereocenters. The average molecular weight is 237 g/mol. The minimum absolute atomic E-state index is 0.0125. The van der Waals surface area contributed by atoms with Gasteiger partial charge in [-0.1, -0.05) is 6.92 Å². The van der Waals surface area contributed by atoms with Gasteiger partial charge in [-0.3, -0.25) is 10.1 Å². The molecule has 2 unspecified atom stereocenters. The molecule has 1 aliphatic rings. The van der Waals surface area contributed by atoms with E-state index < -0.39 is 4.92 Å². The molecule has 6 heteroatoms. The zero-order valence-corrected chi connectivity index (χ0v) is 9.61. The van der Waals surface area contributed by atoms with Crippen molar-refractivity contribution in [2.45, 2.75) is 19.4 Å². The summed E-state index contributed by atoms with van der Waals surface area (Å²) in [7, 11) is 0. The third kappa shape index (κ3) is 2.21. The molecule has 0 bridgehead atoms. The molecule has 0 saturated carbocycles. The zero-order valence-electron chi connectivity index (χ0n) is 9.61. The molecule has 1 aromatic heterocycles. The Balaban J connectivity index is 2.20. The van der Waals surface area contributed by atoms with E-state index in [1.807, 2.05) is 4.90 Å². The van der Waals surface area contributed by atoms with Crippen molar-refractivity contribution in [2.75, 3.05) is 18.1 Å². The lowest BCUT2D eigenvalue weighted by atomic mass is 10.0. The smallest absolute Gasteiger partial charge is 0.287 e. The minimum atomic E-state index is -0.465. The van der Waals surface area contributed by atoms with Gasteiger partial charge in [-0.15, -0.1) is 0 Å². The zero-order chi connectivity index (χ0) is 12.4. The van der Waals surface area contributed by atoms with Gasteiger partial charge in [0.05, 0.1) is 17.6 Å². The first-order chi connectivity index (χ1) is 8.13. The maximum atomic E-state index is 10.5. The van der Waals surface area contributed by atoms with E-state index in [4.69, 9.17) is 0 Å². The Morgan fingerprint density at radius 1 is 1.65 bits per heavy atom. The van der Waals surface area contributed by atoms with Gasteiger partial charge >= 0.3 is 0 Å². The molecule has 0 spiro atoms. The number of rotatable bonds is 3. The normalized spacial score (nSPS) is 24.0. The number of aliphatic hydroxyl groups excluding tert-OH is 1. The van der Waals surface area contributed by atoms with E-state index in [-0.39, 0.29) is 18.3 Å². The Morgan fingerprint density at radius 2 is 2.41 bits per heavy atom. The highest BCUT2D eigenvalue weighted by atomic mass is 16.6. The van der Waals surface area contributed by atoms with E-state index in [0.29, 0.717) is 11.7 Å². The monoisotopic (exact) mass is 237 g/mol. The van der Waals surface area contributed by atoms with Crippen molar-refractivity contribution in [3.8, 4) is 0 Å². The molecule has 1 aliphatic heterocycles. The summed E-state index contributed by atoms with van der Waals surface area (Å²) in [6.07, 6.45) is 2.26. The fraction of sp³-hybridized carbons (Fsp3) is 0.545. The number of hydrogen-bond donors (Lipinski definition) is 1. The third-order valence-electron chi connectivity index (χ3n) is 3.31. The largest absolute Gasteiger partial charge is 0.394 e. The van der Waals surface area contributed by atoms with Crippen LogP contribution >= 0.6 is 0 Å². The van der Waals surface area contributed by atoms with E-state index in [2.05, 4.69) is 11.9 Å². The van der Waals surface area contributed by atoms with E-state index >= 15 is 0 Å². The van der Waals surface area contributed by atoms with Crippen LogP contribution in [-0.2, 0) is 0 Å². The SMILES string of the molecule is CC1CCN(c2ccc([N+](=O)[O-])cn2)C1CO. The molecule has 1 fully saturated rings. The fourth-order valence-electron chi connectivity index (χ4n) is 2.23. The van der Waals surface area contributed by atoms with Crippen LogP contribution in [0.3, 0.4) is 0 Å². The van der Waals surface area contributed by atoms with Gasteiger partial charge in [0.25, 0.3) is 5.69 Å². The Labute approximate surface area is 99.0 Å². The average Bonchev–Trinajstić information content (AvgIpc) is 2.70. The summed E-state index contributed by atoms with van der Waals surface area (Å²) in [5, 5.41) is 19.9. The van der Waals surface area contributed by atoms with Gasteiger partial charge in [0.15, 0.2) is 0 Å². The lowest BCUT2D eigenvalue weighted by molar-refractivity contribution is -0.385. The molecule has 0 amide bonds. The standard InChI is InChI=1S/C11H15N3O3/c1-8-4-5-13(10(8)7-15)11-3-2-9(6-12-11)14(16)17/h2-3,6,8,10,15H,4-5,7H2,1H3. The quantitative estimate of drug-likeness (QED) is 0.631. The number of nitro groups is 1. The molecular weight excluding hydrogens is 222 g/mol. The fourth-order valence-corrected chi connectivity index (χ4v) is 2.23. The second-order valence-corrected chi connectivity index (χ2v) is 4.34. The van der Waals surface area contributed by atoms with Crippen LogP contribution < -0.4 is 4.90 Å². The van der Waals surface area contributed by atoms with Gasteiger partial charge < -0.3 is 10.0 Å². The lowest BCUT2D eigenvalue weighted by Gasteiger charge is -2.25. The van der Waals surface area contributed by atoms with Crippen LogP contribution in [0.15, 0.2) is 18.3 Å². The van der Waals surface area contributed by atoms with E-state index in [9.17, 15) is 15.2 Å². The van der Waals surface area contributed by atoms with Crippen molar-refractivity contribution >= 4 is 11.5 Å². The van der Waals surface area contributed by atoms with Crippen molar-refractivity contribution in [3.05, 3.63) is 28.4 Å². The van der Waals surface area contributed by atoms with Crippen LogP contribution in [0.25, 0.3) is 0 Å². The molecule has 6 nitrogen and oxygen atoms in total. The number of aromatic nitrogens is 1. The molecule has 0 aromatic carbocycles. The van der Waals surface area contributed by atoms with Crippen LogP contribution in [0.2, 0.25) is 0 Å². The Bertz CT molecular complexity index is 407. The maximum absolute atomic E-state index is 10.5. The summed E-state index contributed by atoms with van der Waals surface area (Å²) in [4.78, 5) is 16.1. The van der Waals surface area contributed by atoms with Gasteiger partial charge in [-0.2, -0.15) is 0 Å². The number of anilines is 1. The number of aliphatic hydroxyl groups is 1. The summed E-state index contributed by atoms with van der Waals surface area (Å²) in [6, 6.07) is 3.14. The topological polar surface area (TPSA) is 79.5 Å². The molecular formula is C11H15N3O3. The highest BCUT2D eigenvalue weighted by Crippen LogP contribution is 2.28. The van der Waals surface area contributed by atoms with Crippen LogP contribution in [-0.4, -0.2) is 34.2 Å². The molecule has 17 heavy (non-hydrogen) atoms. The van der Waals surface area contributed by atoms with Crippen molar-refractivity contribution in [1.29, 1.82) is 0 Å². The summed E-state index contributed by atoms with van der Waals surface area (Å²) in [5.74, 6) is 1.11. The van der Waals surface area contributed by atoms with Crippen LogP contribution in [0.5, 0.6) is 0 Å². The number of nitrogens with zero attached hydrogens (tertiary/aromatic N) is 3. The highest BCUT2D eigenvalue weighted by molar-refractivity contribution is 5.45. The highest BCUT2D eigenvalue weighted by Gasteiger charge is 2.31. The second kappa shape index (κ2) is 4.67. The van der Waals surface area contributed by atoms with Crippen molar-refractivity contribution in [3.63, 3.8) is 0 Å². The molecule has 2 rings (SSSR count). The van der Waals surface area contributed by atoms with Gasteiger partial charge in [-0.25, -0.2) is 4.98 Å². The Hall–Kier alpha value is -1.69. The van der Waals surface area contributed by atoms with Gasteiger partial charge in [0, 0.05) is 12.6 Å². The van der Waals surface area contributed by atoms with Crippen LogP contribution in [0.4, 0.5) is 11.5 Å². The summed E-state index contributed by atoms with van der Waals surface area (Å²) >= 11 is 0.